The molecular formula is C17H26N2O3S. The Labute approximate surface area is 139 Å². The second-order valence-corrected chi connectivity index (χ2v) is 8.31. The van der Waals surface area contributed by atoms with Gasteiger partial charge in [-0.2, -0.15) is 4.31 Å². The zero-order chi connectivity index (χ0) is 16.3. The third-order valence-electron chi connectivity index (χ3n) is 4.90. The van der Waals surface area contributed by atoms with Crippen LogP contribution in [0.4, 0.5) is 0 Å². The molecule has 1 aromatic carbocycles. The van der Waals surface area contributed by atoms with Gasteiger partial charge in [-0.05, 0) is 48.9 Å². The predicted octanol–water partition coefficient (Wildman–Crippen LogP) is 1.52. The smallest absolute Gasteiger partial charge is 0.243 e. The Morgan fingerprint density at radius 2 is 1.74 bits per heavy atom. The molecular weight excluding hydrogens is 312 g/mol. The monoisotopic (exact) mass is 338 g/mol. The maximum atomic E-state index is 12.9. The van der Waals surface area contributed by atoms with Crippen LogP contribution in [0.3, 0.4) is 0 Å². The lowest BCUT2D eigenvalue weighted by molar-refractivity contribution is 0.123. The summed E-state index contributed by atoms with van der Waals surface area (Å²) < 4.78 is 32.5. The van der Waals surface area contributed by atoms with Crippen LogP contribution in [0.1, 0.15) is 24.0 Å². The first kappa shape index (κ1) is 16.9. The third kappa shape index (κ3) is 3.76. The number of hydrogen-bond donors (Lipinski definition) is 0. The molecule has 3 rings (SSSR count). The highest BCUT2D eigenvalue weighted by Gasteiger charge is 2.29. The number of methoxy groups -OCH3 is 1. The highest BCUT2D eigenvalue weighted by Crippen LogP contribution is 2.26. The quantitative estimate of drug-likeness (QED) is 0.817. The molecule has 2 aliphatic rings. The second-order valence-electron chi connectivity index (χ2n) is 6.38. The Kier molecular flexibility index (Phi) is 5.36. The normalized spacial score (nSPS) is 20.4. The fraction of sp³-hybridized carbons (Fsp3) is 0.647. The molecule has 6 heteroatoms. The number of piperazine rings is 1. The molecule has 1 heterocycles. The topological polar surface area (TPSA) is 49.9 Å². The molecule has 1 saturated heterocycles. The van der Waals surface area contributed by atoms with Crippen molar-refractivity contribution in [3.8, 4) is 0 Å². The van der Waals surface area contributed by atoms with E-state index in [4.69, 9.17) is 4.74 Å². The molecule has 1 fully saturated rings. The number of benzene rings is 1. The molecule has 0 amide bonds. The Balaban J connectivity index is 1.70. The zero-order valence-corrected chi connectivity index (χ0v) is 14.6. The van der Waals surface area contributed by atoms with Gasteiger partial charge in [-0.15, -0.1) is 0 Å². The molecule has 0 unspecified atom stereocenters. The zero-order valence-electron chi connectivity index (χ0n) is 13.8. The summed E-state index contributed by atoms with van der Waals surface area (Å²) in [6.45, 7) is 4.22. The average molecular weight is 338 g/mol. The summed E-state index contributed by atoms with van der Waals surface area (Å²) in [6.07, 6.45) is 4.45. The van der Waals surface area contributed by atoms with Crippen molar-refractivity contribution < 1.29 is 13.2 Å². The molecule has 0 spiro atoms. The standard InChI is InChI=1S/C17H26N2O3S/c1-22-13-12-18-8-10-19(11-9-18)23(20,21)17-7-6-15-4-2-3-5-16(15)14-17/h6-7,14H,2-5,8-13H2,1H3. The summed E-state index contributed by atoms with van der Waals surface area (Å²) in [7, 11) is -1.67. The molecule has 0 saturated carbocycles. The number of sulfonamides is 1. The van der Waals surface area contributed by atoms with Crippen molar-refractivity contribution in [3.05, 3.63) is 29.3 Å². The Hall–Kier alpha value is -0.950. The van der Waals surface area contributed by atoms with E-state index in [1.807, 2.05) is 12.1 Å². The lowest BCUT2D eigenvalue weighted by Gasteiger charge is -2.34. The minimum absolute atomic E-state index is 0.462. The summed E-state index contributed by atoms with van der Waals surface area (Å²) in [5.41, 5.74) is 2.54. The van der Waals surface area contributed by atoms with Gasteiger partial charge >= 0.3 is 0 Å². The molecule has 0 N–H and O–H groups in total. The molecule has 0 atom stereocenters. The van der Waals surface area contributed by atoms with E-state index in [0.717, 1.165) is 38.9 Å². The van der Waals surface area contributed by atoms with Gasteiger partial charge in [-0.1, -0.05) is 6.07 Å². The molecule has 0 aromatic heterocycles. The van der Waals surface area contributed by atoms with Crippen molar-refractivity contribution in [3.63, 3.8) is 0 Å². The number of rotatable bonds is 5. The van der Waals surface area contributed by atoms with Crippen molar-refractivity contribution in [2.24, 2.45) is 0 Å². The van der Waals surface area contributed by atoms with Crippen LogP contribution in [0.15, 0.2) is 23.1 Å². The number of aryl methyl sites for hydroxylation is 2. The first-order valence-corrected chi connectivity index (χ1v) is 9.88. The Morgan fingerprint density at radius 1 is 1.04 bits per heavy atom. The van der Waals surface area contributed by atoms with Gasteiger partial charge in [0.05, 0.1) is 11.5 Å². The molecule has 1 aromatic rings. The van der Waals surface area contributed by atoms with E-state index >= 15 is 0 Å². The van der Waals surface area contributed by atoms with Crippen LogP contribution in [0.5, 0.6) is 0 Å². The van der Waals surface area contributed by atoms with Crippen LogP contribution in [0, 0.1) is 0 Å². The van der Waals surface area contributed by atoms with Crippen LogP contribution in [-0.2, 0) is 27.6 Å². The summed E-state index contributed by atoms with van der Waals surface area (Å²) in [6, 6.07) is 5.70. The van der Waals surface area contributed by atoms with Crippen LogP contribution in [0.25, 0.3) is 0 Å². The van der Waals surface area contributed by atoms with E-state index in [-0.39, 0.29) is 0 Å². The number of ether oxygens (including phenoxy) is 1. The molecule has 23 heavy (non-hydrogen) atoms. The van der Waals surface area contributed by atoms with E-state index in [0.29, 0.717) is 24.6 Å². The molecule has 1 aliphatic carbocycles. The number of hydrogen-bond acceptors (Lipinski definition) is 4. The van der Waals surface area contributed by atoms with Gasteiger partial charge in [-0.3, -0.25) is 4.90 Å². The van der Waals surface area contributed by atoms with Gasteiger partial charge in [0.15, 0.2) is 0 Å². The van der Waals surface area contributed by atoms with Crippen LogP contribution < -0.4 is 0 Å². The summed E-state index contributed by atoms with van der Waals surface area (Å²) >= 11 is 0. The van der Waals surface area contributed by atoms with Gasteiger partial charge < -0.3 is 4.74 Å². The summed E-state index contributed by atoms with van der Waals surface area (Å²) in [4.78, 5) is 2.71. The van der Waals surface area contributed by atoms with Gasteiger partial charge in [0, 0.05) is 39.8 Å². The minimum Gasteiger partial charge on any atom is -0.383 e. The van der Waals surface area contributed by atoms with Crippen molar-refractivity contribution in [2.75, 3.05) is 46.4 Å². The van der Waals surface area contributed by atoms with Gasteiger partial charge in [0.2, 0.25) is 10.0 Å². The van der Waals surface area contributed by atoms with E-state index < -0.39 is 10.0 Å². The molecule has 5 nitrogen and oxygen atoms in total. The predicted molar refractivity (Wildman–Crippen MR) is 90.2 cm³/mol. The summed E-state index contributed by atoms with van der Waals surface area (Å²) in [5.74, 6) is 0. The molecule has 0 bridgehead atoms. The van der Waals surface area contributed by atoms with E-state index in [1.54, 1.807) is 17.5 Å². The van der Waals surface area contributed by atoms with Crippen LogP contribution in [-0.4, -0.2) is 64.1 Å². The summed E-state index contributed by atoms with van der Waals surface area (Å²) in [5, 5.41) is 0. The van der Waals surface area contributed by atoms with Gasteiger partial charge in [0.25, 0.3) is 0 Å². The van der Waals surface area contributed by atoms with Crippen LogP contribution in [0.2, 0.25) is 0 Å². The Bertz CT molecular complexity index is 637. The Morgan fingerprint density at radius 3 is 2.43 bits per heavy atom. The maximum absolute atomic E-state index is 12.9. The van der Waals surface area contributed by atoms with Crippen molar-refractivity contribution in [1.82, 2.24) is 9.21 Å². The number of fused-ring (bicyclic) bond motifs is 1. The largest absolute Gasteiger partial charge is 0.383 e. The van der Waals surface area contributed by atoms with E-state index in [1.165, 1.54) is 17.5 Å². The van der Waals surface area contributed by atoms with E-state index in [9.17, 15) is 8.42 Å². The van der Waals surface area contributed by atoms with Crippen molar-refractivity contribution in [2.45, 2.75) is 30.6 Å². The van der Waals surface area contributed by atoms with Crippen molar-refractivity contribution >= 4 is 10.0 Å². The maximum Gasteiger partial charge on any atom is 0.243 e. The molecule has 128 valence electrons. The second kappa shape index (κ2) is 7.30. The fourth-order valence-corrected chi connectivity index (χ4v) is 4.91. The SMILES string of the molecule is COCCN1CCN(S(=O)(=O)c2ccc3c(c2)CCCC3)CC1. The minimum atomic E-state index is -3.36. The fourth-order valence-electron chi connectivity index (χ4n) is 3.43. The highest BCUT2D eigenvalue weighted by atomic mass is 32.2. The van der Waals surface area contributed by atoms with E-state index in [2.05, 4.69) is 4.90 Å². The first-order chi connectivity index (χ1) is 11.1. The molecule has 0 radical (unpaired) electrons. The third-order valence-corrected chi connectivity index (χ3v) is 6.80. The van der Waals surface area contributed by atoms with Crippen LogP contribution >= 0.6 is 0 Å². The van der Waals surface area contributed by atoms with Crippen molar-refractivity contribution in [1.29, 1.82) is 0 Å². The lowest BCUT2D eigenvalue weighted by atomic mass is 9.92. The average Bonchev–Trinajstić information content (AvgIpc) is 2.60. The van der Waals surface area contributed by atoms with Gasteiger partial charge in [-0.25, -0.2) is 8.42 Å². The highest BCUT2D eigenvalue weighted by molar-refractivity contribution is 7.89. The lowest BCUT2D eigenvalue weighted by Crippen LogP contribution is -2.49. The number of nitrogens with zero attached hydrogens (tertiary/aromatic N) is 2. The molecule has 1 aliphatic heterocycles. The first-order valence-electron chi connectivity index (χ1n) is 8.44. The van der Waals surface area contributed by atoms with Gasteiger partial charge in [0.1, 0.15) is 0 Å².